The SMILES string of the molecule is CC(C)(C)OC(=O)N1CCC[C@@H]1C(=O)NCc1ccc(Nc2cc(F)c(N3CCCCC3)c(F)c2)cc1. The van der Waals surface area contributed by atoms with E-state index in [1.54, 1.807) is 37.8 Å². The molecule has 2 aromatic rings. The number of piperidine rings is 1. The number of amides is 2. The lowest BCUT2D eigenvalue weighted by Crippen LogP contribution is -2.47. The Morgan fingerprint density at radius 2 is 1.59 bits per heavy atom. The third-order valence-corrected chi connectivity index (χ3v) is 6.58. The number of hydrogen-bond donors (Lipinski definition) is 2. The minimum absolute atomic E-state index is 0.0452. The molecule has 1 atom stereocenters. The van der Waals surface area contributed by atoms with Gasteiger partial charge in [-0.1, -0.05) is 12.1 Å². The van der Waals surface area contributed by atoms with Crippen LogP contribution in [0.5, 0.6) is 0 Å². The number of likely N-dealkylation sites (tertiary alicyclic amines) is 1. The molecule has 0 saturated carbocycles. The molecule has 2 aliphatic rings. The highest BCUT2D eigenvalue weighted by Crippen LogP contribution is 2.30. The van der Waals surface area contributed by atoms with Crippen molar-refractivity contribution in [3.05, 3.63) is 53.6 Å². The summed E-state index contributed by atoms with van der Waals surface area (Å²) in [5, 5.41) is 5.94. The molecule has 0 aliphatic carbocycles. The van der Waals surface area contributed by atoms with Crippen LogP contribution in [-0.4, -0.2) is 48.2 Å². The van der Waals surface area contributed by atoms with Crippen molar-refractivity contribution in [2.45, 2.75) is 71.1 Å². The highest BCUT2D eigenvalue weighted by Gasteiger charge is 2.36. The number of ether oxygens (including phenoxy) is 1. The minimum Gasteiger partial charge on any atom is -0.444 e. The normalized spacial score (nSPS) is 18.0. The maximum absolute atomic E-state index is 14.7. The van der Waals surface area contributed by atoms with Crippen molar-refractivity contribution in [1.82, 2.24) is 10.2 Å². The number of anilines is 3. The van der Waals surface area contributed by atoms with Gasteiger partial charge in [0.15, 0.2) is 11.6 Å². The smallest absolute Gasteiger partial charge is 0.410 e. The molecule has 7 nitrogen and oxygen atoms in total. The Labute approximate surface area is 217 Å². The summed E-state index contributed by atoms with van der Waals surface area (Å²) < 4.78 is 34.9. The van der Waals surface area contributed by atoms with Crippen molar-refractivity contribution in [3.8, 4) is 0 Å². The van der Waals surface area contributed by atoms with Crippen LogP contribution >= 0.6 is 0 Å². The van der Waals surface area contributed by atoms with E-state index in [1.165, 1.54) is 17.0 Å². The fraction of sp³-hybridized carbons (Fsp3) is 0.500. The van der Waals surface area contributed by atoms with Crippen LogP contribution < -0.4 is 15.5 Å². The van der Waals surface area contributed by atoms with E-state index < -0.39 is 29.4 Å². The number of halogens is 2. The van der Waals surface area contributed by atoms with Gasteiger partial charge in [-0.25, -0.2) is 13.6 Å². The fourth-order valence-corrected chi connectivity index (χ4v) is 4.82. The fourth-order valence-electron chi connectivity index (χ4n) is 4.82. The molecule has 0 bridgehead atoms. The van der Waals surface area contributed by atoms with Gasteiger partial charge in [-0.3, -0.25) is 9.69 Å². The molecule has 37 heavy (non-hydrogen) atoms. The van der Waals surface area contributed by atoms with Crippen LogP contribution in [0.2, 0.25) is 0 Å². The monoisotopic (exact) mass is 514 g/mol. The first-order chi connectivity index (χ1) is 17.6. The van der Waals surface area contributed by atoms with Crippen molar-refractivity contribution in [1.29, 1.82) is 0 Å². The first-order valence-electron chi connectivity index (χ1n) is 13.0. The summed E-state index contributed by atoms with van der Waals surface area (Å²) in [4.78, 5) is 28.5. The molecule has 0 radical (unpaired) electrons. The minimum atomic E-state index is -0.622. The van der Waals surface area contributed by atoms with Gasteiger partial charge >= 0.3 is 6.09 Å². The summed E-state index contributed by atoms with van der Waals surface area (Å²) in [6.07, 6.45) is 3.83. The molecule has 0 aromatic heterocycles. The second-order valence-electron chi connectivity index (χ2n) is 10.7. The largest absolute Gasteiger partial charge is 0.444 e. The third kappa shape index (κ3) is 6.90. The Morgan fingerprint density at radius 3 is 2.22 bits per heavy atom. The summed E-state index contributed by atoms with van der Waals surface area (Å²) in [6.45, 7) is 7.51. The summed E-state index contributed by atoms with van der Waals surface area (Å²) in [7, 11) is 0. The van der Waals surface area contributed by atoms with Gasteiger partial charge in [0.2, 0.25) is 5.91 Å². The highest BCUT2D eigenvalue weighted by molar-refractivity contribution is 5.86. The Bertz CT molecular complexity index is 1090. The second-order valence-corrected chi connectivity index (χ2v) is 10.7. The van der Waals surface area contributed by atoms with Crippen LogP contribution in [0.1, 0.15) is 58.4 Å². The molecule has 2 aliphatic heterocycles. The first kappa shape index (κ1) is 26.7. The zero-order valence-electron chi connectivity index (χ0n) is 21.8. The Balaban J connectivity index is 1.32. The standard InChI is InChI=1S/C28H36F2N4O3/c1-28(2,3)37-27(36)34-15-7-8-24(34)26(35)31-18-19-9-11-20(12-10-19)32-21-16-22(29)25(23(30)17-21)33-13-5-4-6-14-33/h9-12,16-17,24,32H,4-8,13-15,18H2,1-3H3,(H,31,35)/t24-/m1/s1. The molecular weight excluding hydrogens is 478 g/mol. The van der Waals surface area contributed by atoms with Crippen molar-refractivity contribution in [3.63, 3.8) is 0 Å². The van der Waals surface area contributed by atoms with Gasteiger partial charge in [0.1, 0.15) is 17.3 Å². The molecule has 200 valence electrons. The van der Waals surface area contributed by atoms with Gasteiger partial charge in [0.25, 0.3) is 0 Å². The number of benzene rings is 2. The first-order valence-corrected chi connectivity index (χ1v) is 13.0. The average Bonchev–Trinajstić information content (AvgIpc) is 3.33. The summed E-state index contributed by atoms with van der Waals surface area (Å²) in [5.41, 5.74) is 1.29. The number of carbonyl (C=O) groups excluding carboxylic acids is 2. The summed E-state index contributed by atoms with van der Waals surface area (Å²) in [5.74, 6) is -1.36. The van der Waals surface area contributed by atoms with Crippen LogP contribution in [0.15, 0.2) is 36.4 Å². The number of nitrogens with zero attached hydrogens (tertiary/aromatic N) is 2. The van der Waals surface area contributed by atoms with E-state index in [0.29, 0.717) is 44.0 Å². The second kappa shape index (κ2) is 11.4. The maximum atomic E-state index is 14.7. The van der Waals surface area contributed by atoms with Crippen molar-refractivity contribution in [2.24, 2.45) is 0 Å². The zero-order valence-corrected chi connectivity index (χ0v) is 21.8. The van der Waals surface area contributed by atoms with Gasteiger partial charge in [-0.2, -0.15) is 0 Å². The highest BCUT2D eigenvalue weighted by atomic mass is 19.1. The molecule has 0 spiro atoms. The third-order valence-electron chi connectivity index (χ3n) is 6.58. The van der Waals surface area contributed by atoms with Crippen molar-refractivity contribution < 1.29 is 23.1 Å². The number of nitrogens with one attached hydrogen (secondary N) is 2. The molecule has 2 heterocycles. The predicted octanol–water partition coefficient (Wildman–Crippen LogP) is 5.71. The van der Waals surface area contributed by atoms with Gasteiger partial charge in [0.05, 0.1) is 0 Å². The number of hydrogen-bond acceptors (Lipinski definition) is 5. The quantitative estimate of drug-likeness (QED) is 0.516. The van der Waals surface area contributed by atoms with Gasteiger partial charge < -0.3 is 20.3 Å². The number of carbonyl (C=O) groups is 2. The van der Waals surface area contributed by atoms with E-state index in [2.05, 4.69) is 10.6 Å². The molecule has 2 aromatic carbocycles. The molecular formula is C28H36F2N4O3. The van der Waals surface area contributed by atoms with Gasteiger partial charge in [-0.05, 0) is 82.7 Å². The molecule has 0 unspecified atom stereocenters. The zero-order chi connectivity index (χ0) is 26.6. The average molecular weight is 515 g/mol. The van der Waals surface area contributed by atoms with E-state index in [0.717, 1.165) is 31.2 Å². The summed E-state index contributed by atoms with van der Waals surface area (Å²) in [6, 6.07) is 9.33. The molecule has 2 amide bonds. The van der Waals surface area contributed by atoms with Gasteiger partial charge in [-0.15, -0.1) is 0 Å². The van der Waals surface area contributed by atoms with Crippen LogP contribution in [-0.2, 0) is 16.1 Å². The Kier molecular flexibility index (Phi) is 8.19. The molecule has 2 N–H and O–H groups in total. The Morgan fingerprint density at radius 1 is 0.946 bits per heavy atom. The lowest BCUT2D eigenvalue weighted by molar-refractivity contribution is -0.125. The van der Waals surface area contributed by atoms with E-state index in [-0.39, 0.29) is 11.6 Å². The lowest BCUT2D eigenvalue weighted by atomic mass is 10.1. The van der Waals surface area contributed by atoms with E-state index in [1.807, 2.05) is 12.1 Å². The topological polar surface area (TPSA) is 73.9 Å². The predicted molar refractivity (Wildman–Crippen MR) is 140 cm³/mol. The van der Waals surface area contributed by atoms with E-state index >= 15 is 0 Å². The van der Waals surface area contributed by atoms with E-state index in [9.17, 15) is 18.4 Å². The van der Waals surface area contributed by atoms with Crippen LogP contribution in [0.4, 0.5) is 30.6 Å². The number of rotatable bonds is 6. The molecule has 4 rings (SSSR count). The van der Waals surface area contributed by atoms with E-state index in [4.69, 9.17) is 4.74 Å². The Hall–Kier alpha value is -3.36. The maximum Gasteiger partial charge on any atom is 0.410 e. The molecule has 2 saturated heterocycles. The molecule has 9 heteroatoms. The molecule has 2 fully saturated rings. The van der Waals surface area contributed by atoms with Crippen LogP contribution in [0.25, 0.3) is 0 Å². The lowest BCUT2D eigenvalue weighted by Gasteiger charge is -2.29. The van der Waals surface area contributed by atoms with Gasteiger partial charge in [0, 0.05) is 37.6 Å². The summed E-state index contributed by atoms with van der Waals surface area (Å²) >= 11 is 0. The van der Waals surface area contributed by atoms with Crippen LogP contribution in [0, 0.1) is 11.6 Å². The van der Waals surface area contributed by atoms with Crippen LogP contribution in [0.3, 0.4) is 0 Å². The van der Waals surface area contributed by atoms with Crippen molar-refractivity contribution >= 4 is 29.1 Å². The van der Waals surface area contributed by atoms with Crippen molar-refractivity contribution in [2.75, 3.05) is 29.9 Å².